The minimum atomic E-state index is -0.936. The molecule has 2 rings (SSSR count). The average Bonchev–Trinajstić information content (AvgIpc) is 2.58. The molecular weight excluding hydrogens is 314 g/mol. The molecule has 0 spiro atoms. The standard InChI is InChI=1S/C17H23NO6/c1-2-22-9-10-24-15-6-4-3-5-14(15)17(21)18-7-8-23-13(12-18)11-16(19)20/h3-6,13H,2,7-12H2,1H3,(H,19,20). The van der Waals surface area contributed by atoms with Crippen molar-refractivity contribution in [3.05, 3.63) is 29.8 Å². The molecule has 7 heteroatoms. The predicted octanol–water partition coefficient (Wildman–Crippen LogP) is 1.42. The largest absolute Gasteiger partial charge is 0.490 e. The lowest BCUT2D eigenvalue weighted by Gasteiger charge is -2.32. The van der Waals surface area contributed by atoms with Crippen LogP contribution in [0.2, 0.25) is 0 Å². The number of carbonyl (C=O) groups is 2. The van der Waals surface area contributed by atoms with Gasteiger partial charge >= 0.3 is 5.97 Å². The van der Waals surface area contributed by atoms with Crippen LogP contribution in [-0.2, 0) is 14.3 Å². The van der Waals surface area contributed by atoms with E-state index in [2.05, 4.69) is 0 Å². The van der Waals surface area contributed by atoms with Crippen molar-refractivity contribution < 1.29 is 28.9 Å². The predicted molar refractivity (Wildman–Crippen MR) is 86.3 cm³/mol. The van der Waals surface area contributed by atoms with Gasteiger partial charge in [0.25, 0.3) is 5.91 Å². The van der Waals surface area contributed by atoms with Crippen LogP contribution in [0, 0.1) is 0 Å². The molecule has 0 radical (unpaired) electrons. The van der Waals surface area contributed by atoms with Crippen molar-refractivity contribution in [3.63, 3.8) is 0 Å². The van der Waals surface area contributed by atoms with Gasteiger partial charge in [0.2, 0.25) is 0 Å². The van der Waals surface area contributed by atoms with Crippen molar-refractivity contribution in [2.24, 2.45) is 0 Å². The first kappa shape index (κ1) is 18.2. The molecule has 132 valence electrons. The molecule has 1 amide bonds. The van der Waals surface area contributed by atoms with Gasteiger partial charge in [-0.25, -0.2) is 0 Å². The smallest absolute Gasteiger partial charge is 0.306 e. The van der Waals surface area contributed by atoms with Crippen molar-refractivity contribution in [1.29, 1.82) is 0 Å². The summed E-state index contributed by atoms with van der Waals surface area (Å²) in [5.41, 5.74) is 0.463. The molecule has 1 aliphatic rings. The Morgan fingerprint density at radius 1 is 1.33 bits per heavy atom. The van der Waals surface area contributed by atoms with Crippen LogP contribution >= 0.6 is 0 Å². The molecular formula is C17H23NO6. The average molecular weight is 337 g/mol. The van der Waals surface area contributed by atoms with Crippen LogP contribution < -0.4 is 4.74 Å². The number of rotatable bonds is 8. The minimum Gasteiger partial charge on any atom is -0.490 e. The van der Waals surface area contributed by atoms with E-state index in [9.17, 15) is 9.59 Å². The van der Waals surface area contributed by atoms with Crippen molar-refractivity contribution in [2.45, 2.75) is 19.4 Å². The number of ether oxygens (including phenoxy) is 3. The Hall–Kier alpha value is -2.12. The number of hydrogen-bond donors (Lipinski definition) is 1. The lowest BCUT2D eigenvalue weighted by molar-refractivity contribution is -0.141. The topological polar surface area (TPSA) is 85.3 Å². The van der Waals surface area contributed by atoms with Crippen molar-refractivity contribution in [2.75, 3.05) is 39.5 Å². The maximum atomic E-state index is 12.8. The molecule has 1 heterocycles. The fourth-order valence-electron chi connectivity index (χ4n) is 2.52. The number of morpholine rings is 1. The second kappa shape index (κ2) is 9.24. The highest BCUT2D eigenvalue weighted by atomic mass is 16.5. The number of nitrogens with zero attached hydrogens (tertiary/aromatic N) is 1. The second-order valence-corrected chi connectivity index (χ2v) is 5.38. The van der Waals surface area contributed by atoms with Gasteiger partial charge in [-0.3, -0.25) is 9.59 Å². The molecule has 0 aliphatic carbocycles. The Kier molecular flexibility index (Phi) is 7.02. The van der Waals surface area contributed by atoms with Crippen LogP contribution in [0.15, 0.2) is 24.3 Å². The normalized spacial score (nSPS) is 17.5. The summed E-state index contributed by atoms with van der Waals surface area (Å²) >= 11 is 0. The fraction of sp³-hybridized carbons (Fsp3) is 0.529. The molecule has 1 N–H and O–H groups in total. The fourth-order valence-corrected chi connectivity index (χ4v) is 2.52. The summed E-state index contributed by atoms with van der Waals surface area (Å²) < 4.78 is 16.3. The number of hydrogen-bond acceptors (Lipinski definition) is 5. The zero-order valence-electron chi connectivity index (χ0n) is 13.8. The van der Waals surface area contributed by atoms with Gasteiger partial charge < -0.3 is 24.2 Å². The number of benzene rings is 1. The summed E-state index contributed by atoms with van der Waals surface area (Å²) in [6, 6.07) is 7.03. The van der Waals surface area contributed by atoms with Gasteiger partial charge in [0.1, 0.15) is 12.4 Å². The van der Waals surface area contributed by atoms with Crippen LogP contribution in [0.4, 0.5) is 0 Å². The van der Waals surface area contributed by atoms with Gasteiger partial charge in [-0.1, -0.05) is 12.1 Å². The number of carboxylic acid groups (broad SMARTS) is 1. The van der Waals surface area contributed by atoms with Gasteiger partial charge in [0.05, 0.1) is 31.3 Å². The van der Waals surface area contributed by atoms with Gasteiger partial charge in [-0.2, -0.15) is 0 Å². The van der Waals surface area contributed by atoms with Crippen molar-refractivity contribution in [3.8, 4) is 5.75 Å². The van der Waals surface area contributed by atoms with E-state index in [1.54, 1.807) is 29.2 Å². The third-order valence-corrected chi connectivity index (χ3v) is 3.64. The van der Waals surface area contributed by atoms with E-state index in [1.807, 2.05) is 6.92 Å². The summed E-state index contributed by atoms with van der Waals surface area (Å²) in [4.78, 5) is 25.2. The summed E-state index contributed by atoms with van der Waals surface area (Å²) in [5, 5.41) is 8.88. The van der Waals surface area contributed by atoms with E-state index in [4.69, 9.17) is 19.3 Å². The molecule has 7 nitrogen and oxygen atoms in total. The van der Waals surface area contributed by atoms with E-state index in [0.29, 0.717) is 44.3 Å². The van der Waals surface area contributed by atoms with Crippen LogP contribution in [0.5, 0.6) is 5.75 Å². The van der Waals surface area contributed by atoms with Crippen molar-refractivity contribution >= 4 is 11.9 Å². The Morgan fingerprint density at radius 2 is 2.12 bits per heavy atom. The van der Waals surface area contributed by atoms with Crippen LogP contribution in [-0.4, -0.2) is 67.5 Å². The Morgan fingerprint density at radius 3 is 2.88 bits per heavy atom. The lowest BCUT2D eigenvalue weighted by Crippen LogP contribution is -2.46. The SMILES string of the molecule is CCOCCOc1ccccc1C(=O)N1CCOC(CC(=O)O)C1. The quantitative estimate of drug-likeness (QED) is 0.722. The molecule has 1 atom stereocenters. The van der Waals surface area contributed by atoms with E-state index < -0.39 is 12.1 Å². The summed E-state index contributed by atoms with van der Waals surface area (Å²) in [6.07, 6.45) is -0.595. The zero-order valence-corrected chi connectivity index (χ0v) is 13.8. The van der Waals surface area contributed by atoms with Crippen molar-refractivity contribution in [1.82, 2.24) is 4.90 Å². The molecule has 1 aromatic carbocycles. The minimum absolute atomic E-state index is 0.115. The molecule has 0 aromatic heterocycles. The van der Waals surface area contributed by atoms with Gasteiger partial charge in [-0.05, 0) is 19.1 Å². The maximum Gasteiger partial charge on any atom is 0.306 e. The Labute approximate surface area is 141 Å². The Bertz CT molecular complexity index is 562. The number of carbonyl (C=O) groups excluding carboxylic acids is 1. The monoisotopic (exact) mass is 337 g/mol. The number of carboxylic acids is 1. The lowest BCUT2D eigenvalue weighted by atomic mass is 10.1. The van der Waals surface area contributed by atoms with E-state index >= 15 is 0 Å². The Balaban J connectivity index is 2.01. The highest BCUT2D eigenvalue weighted by Crippen LogP contribution is 2.21. The van der Waals surface area contributed by atoms with Gasteiger partial charge in [0, 0.05) is 19.7 Å². The summed E-state index contributed by atoms with van der Waals surface area (Å²) in [6.45, 7) is 4.37. The van der Waals surface area contributed by atoms with Gasteiger partial charge in [-0.15, -0.1) is 0 Å². The molecule has 1 fully saturated rings. The number of aliphatic carboxylic acids is 1. The molecule has 0 bridgehead atoms. The summed E-state index contributed by atoms with van der Waals surface area (Å²) in [5.74, 6) is -0.613. The van der Waals surface area contributed by atoms with Crippen LogP contribution in [0.3, 0.4) is 0 Å². The first-order valence-electron chi connectivity index (χ1n) is 8.04. The molecule has 1 aromatic rings. The van der Waals surface area contributed by atoms with Gasteiger partial charge in [0.15, 0.2) is 0 Å². The molecule has 24 heavy (non-hydrogen) atoms. The highest BCUT2D eigenvalue weighted by Gasteiger charge is 2.27. The van der Waals surface area contributed by atoms with Crippen LogP contribution in [0.1, 0.15) is 23.7 Å². The molecule has 1 aliphatic heterocycles. The summed E-state index contributed by atoms with van der Waals surface area (Å²) in [7, 11) is 0. The second-order valence-electron chi connectivity index (χ2n) is 5.38. The van der Waals surface area contributed by atoms with Crippen LogP contribution in [0.25, 0.3) is 0 Å². The zero-order chi connectivity index (χ0) is 17.4. The molecule has 1 saturated heterocycles. The molecule has 0 saturated carbocycles. The maximum absolute atomic E-state index is 12.8. The highest BCUT2D eigenvalue weighted by molar-refractivity contribution is 5.97. The van der Waals surface area contributed by atoms with E-state index in [0.717, 1.165) is 0 Å². The third kappa shape index (κ3) is 5.21. The first-order chi connectivity index (χ1) is 11.6. The number of para-hydroxylation sites is 1. The van der Waals surface area contributed by atoms with E-state index in [-0.39, 0.29) is 18.9 Å². The first-order valence-corrected chi connectivity index (χ1v) is 8.04. The molecule has 1 unspecified atom stereocenters. The number of amides is 1. The van der Waals surface area contributed by atoms with E-state index in [1.165, 1.54) is 0 Å². The third-order valence-electron chi connectivity index (χ3n) is 3.64.